The van der Waals surface area contributed by atoms with Gasteiger partial charge in [-0.05, 0) is 24.0 Å². The van der Waals surface area contributed by atoms with Crippen molar-refractivity contribution in [2.24, 2.45) is 5.73 Å². The predicted molar refractivity (Wildman–Crippen MR) is 117 cm³/mol. The molecule has 2 N–H and O–H groups in total. The normalized spacial score (nSPS) is 20.0. The molecule has 1 saturated heterocycles. The molecular weight excluding hydrogens is 394 g/mol. The largest absolute Gasteiger partial charge is 0.463 e. The molecule has 0 saturated carbocycles. The zero-order chi connectivity index (χ0) is 21.5. The Morgan fingerprint density at radius 1 is 1.13 bits per heavy atom. The van der Waals surface area contributed by atoms with Gasteiger partial charge in [0, 0.05) is 39.1 Å². The van der Waals surface area contributed by atoms with Crippen molar-refractivity contribution in [1.82, 2.24) is 9.80 Å². The van der Waals surface area contributed by atoms with Crippen LogP contribution in [0.4, 0.5) is 4.79 Å². The summed E-state index contributed by atoms with van der Waals surface area (Å²) in [7, 11) is 0. The summed E-state index contributed by atoms with van der Waals surface area (Å²) in [6.07, 6.45) is 11.2. The van der Waals surface area contributed by atoms with Crippen LogP contribution in [0.2, 0.25) is 0 Å². The highest BCUT2D eigenvalue weighted by Gasteiger charge is 2.25. The van der Waals surface area contributed by atoms with Gasteiger partial charge in [-0.3, -0.25) is 4.90 Å². The molecule has 0 spiro atoms. The van der Waals surface area contributed by atoms with E-state index in [1.807, 2.05) is 30.3 Å². The molecule has 2 aliphatic heterocycles. The molecule has 1 aliphatic carbocycles. The first kappa shape index (κ1) is 21.1. The number of ether oxygens (including phenoxy) is 3. The number of amides is 1. The van der Waals surface area contributed by atoms with Crippen molar-refractivity contribution < 1.29 is 19.0 Å². The van der Waals surface area contributed by atoms with Crippen molar-refractivity contribution in [3.8, 4) is 0 Å². The molecule has 164 valence electrons. The summed E-state index contributed by atoms with van der Waals surface area (Å²) in [6.45, 7) is 4.29. The third kappa shape index (κ3) is 5.70. The Hall–Kier alpha value is -3.19. The Morgan fingerprint density at radius 2 is 1.94 bits per heavy atom. The number of rotatable bonds is 7. The van der Waals surface area contributed by atoms with Gasteiger partial charge in [-0.25, -0.2) is 4.79 Å². The van der Waals surface area contributed by atoms with Crippen molar-refractivity contribution in [2.45, 2.75) is 25.4 Å². The Labute approximate surface area is 183 Å². The van der Waals surface area contributed by atoms with E-state index in [2.05, 4.69) is 28.0 Å². The number of nitrogens with zero attached hydrogens (tertiary/aromatic N) is 2. The fourth-order valence-corrected chi connectivity index (χ4v) is 4.00. The topological polar surface area (TPSA) is 77.3 Å². The van der Waals surface area contributed by atoms with Crippen LogP contribution in [0, 0.1) is 0 Å². The van der Waals surface area contributed by atoms with Crippen LogP contribution in [0.5, 0.6) is 0 Å². The lowest BCUT2D eigenvalue weighted by Crippen LogP contribution is -2.46. The van der Waals surface area contributed by atoms with E-state index < -0.39 is 6.09 Å². The Bertz CT molecular complexity index is 883. The van der Waals surface area contributed by atoms with E-state index in [-0.39, 0.29) is 6.10 Å². The molecule has 1 atom stereocenters. The third-order valence-corrected chi connectivity index (χ3v) is 5.71. The van der Waals surface area contributed by atoms with Gasteiger partial charge < -0.3 is 24.8 Å². The second kappa shape index (κ2) is 10.2. The molecule has 1 aromatic carbocycles. The minimum atomic E-state index is -0.743. The fraction of sp³-hybridized carbons (Fsp3) is 0.375. The number of hydrogen-bond acceptors (Lipinski definition) is 6. The summed E-state index contributed by atoms with van der Waals surface area (Å²) >= 11 is 0. The maximum Gasteiger partial charge on any atom is 0.405 e. The number of allylic oxidation sites excluding steroid dienone is 4. The van der Waals surface area contributed by atoms with E-state index in [4.69, 9.17) is 19.9 Å². The molecular formula is C24H29N3O4. The lowest BCUT2D eigenvalue weighted by molar-refractivity contribution is 0.0631. The van der Waals surface area contributed by atoms with Crippen molar-refractivity contribution in [3.05, 3.63) is 83.9 Å². The molecule has 31 heavy (non-hydrogen) atoms. The highest BCUT2D eigenvalue weighted by molar-refractivity contribution is 5.65. The number of piperazine rings is 1. The number of hydrogen-bond donors (Lipinski definition) is 1. The SMILES string of the molecule is NC(=O)OC(CCN1CCN(C2=COC=C(C3=CC=CCC3)O2)CC1)c1ccccc1. The van der Waals surface area contributed by atoms with E-state index >= 15 is 0 Å². The maximum absolute atomic E-state index is 11.3. The zero-order valence-corrected chi connectivity index (χ0v) is 17.6. The van der Waals surface area contributed by atoms with Gasteiger partial charge in [-0.15, -0.1) is 0 Å². The van der Waals surface area contributed by atoms with Crippen molar-refractivity contribution in [2.75, 3.05) is 32.7 Å². The first-order chi connectivity index (χ1) is 15.2. The van der Waals surface area contributed by atoms with Crippen LogP contribution in [0.15, 0.2) is 78.3 Å². The van der Waals surface area contributed by atoms with Gasteiger partial charge in [-0.1, -0.05) is 48.6 Å². The maximum atomic E-state index is 11.3. The second-order valence-electron chi connectivity index (χ2n) is 7.79. The van der Waals surface area contributed by atoms with E-state index in [1.165, 1.54) is 0 Å². The molecule has 1 amide bonds. The van der Waals surface area contributed by atoms with E-state index in [0.717, 1.165) is 68.3 Å². The summed E-state index contributed by atoms with van der Waals surface area (Å²) in [5, 5.41) is 0. The highest BCUT2D eigenvalue weighted by atomic mass is 16.6. The summed E-state index contributed by atoms with van der Waals surface area (Å²) in [4.78, 5) is 15.9. The van der Waals surface area contributed by atoms with Gasteiger partial charge in [0.05, 0.1) is 0 Å². The van der Waals surface area contributed by atoms with E-state index in [0.29, 0.717) is 6.42 Å². The Balaban J connectivity index is 1.27. The lowest BCUT2D eigenvalue weighted by atomic mass is 10.0. The summed E-state index contributed by atoms with van der Waals surface area (Å²) in [5.74, 6) is 1.55. The van der Waals surface area contributed by atoms with Crippen LogP contribution in [0.1, 0.15) is 30.9 Å². The quantitative estimate of drug-likeness (QED) is 0.719. The van der Waals surface area contributed by atoms with Gasteiger partial charge in [0.1, 0.15) is 12.4 Å². The standard InChI is InChI=1S/C24H29N3O4/c25-24(28)31-21(19-7-3-1-4-8-19)11-12-26-13-15-27(16-14-26)23-18-29-17-22(30-23)20-9-5-2-6-10-20/h1-5,7-9,17-18,21H,6,10-16H2,(H2,25,28). The van der Waals surface area contributed by atoms with Gasteiger partial charge in [-0.2, -0.15) is 0 Å². The fourth-order valence-electron chi connectivity index (χ4n) is 4.00. The first-order valence-corrected chi connectivity index (χ1v) is 10.8. The van der Waals surface area contributed by atoms with Crippen LogP contribution >= 0.6 is 0 Å². The molecule has 1 aromatic rings. The predicted octanol–water partition coefficient (Wildman–Crippen LogP) is 3.79. The molecule has 1 fully saturated rings. The van der Waals surface area contributed by atoms with Crippen LogP contribution in [-0.4, -0.2) is 48.6 Å². The molecule has 0 bridgehead atoms. The smallest absolute Gasteiger partial charge is 0.405 e. The molecule has 7 heteroatoms. The van der Waals surface area contributed by atoms with Gasteiger partial charge in [0.2, 0.25) is 5.88 Å². The second-order valence-corrected chi connectivity index (χ2v) is 7.79. The molecule has 4 rings (SSSR count). The van der Waals surface area contributed by atoms with Gasteiger partial charge in [0.15, 0.2) is 12.0 Å². The Morgan fingerprint density at radius 3 is 2.65 bits per heavy atom. The molecule has 3 aliphatic rings. The minimum Gasteiger partial charge on any atom is -0.463 e. The van der Waals surface area contributed by atoms with Crippen molar-refractivity contribution in [3.63, 3.8) is 0 Å². The molecule has 0 radical (unpaired) electrons. The molecule has 7 nitrogen and oxygen atoms in total. The van der Waals surface area contributed by atoms with Crippen molar-refractivity contribution >= 4 is 6.09 Å². The highest BCUT2D eigenvalue weighted by Crippen LogP contribution is 2.28. The van der Waals surface area contributed by atoms with Gasteiger partial charge >= 0.3 is 6.09 Å². The van der Waals surface area contributed by atoms with Crippen LogP contribution < -0.4 is 5.73 Å². The zero-order valence-electron chi connectivity index (χ0n) is 17.6. The average Bonchev–Trinajstić information content (AvgIpc) is 2.83. The number of primary amides is 1. The molecule has 2 heterocycles. The summed E-state index contributed by atoms with van der Waals surface area (Å²) < 4.78 is 17.0. The monoisotopic (exact) mass is 423 g/mol. The average molecular weight is 424 g/mol. The number of benzene rings is 1. The van der Waals surface area contributed by atoms with Crippen LogP contribution in [0.3, 0.4) is 0 Å². The van der Waals surface area contributed by atoms with E-state index in [1.54, 1.807) is 12.5 Å². The summed E-state index contributed by atoms with van der Waals surface area (Å²) in [5.41, 5.74) is 7.40. The minimum absolute atomic E-state index is 0.333. The van der Waals surface area contributed by atoms with Gasteiger partial charge in [0.25, 0.3) is 0 Å². The third-order valence-electron chi connectivity index (χ3n) is 5.71. The van der Waals surface area contributed by atoms with Crippen molar-refractivity contribution in [1.29, 1.82) is 0 Å². The number of carbonyl (C=O) groups is 1. The lowest BCUT2D eigenvalue weighted by Gasteiger charge is -2.37. The van der Waals surface area contributed by atoms with Crippen LogP contribution in [-0.2, 0) is 14.2 Å². The number of nitrogens with two attached hydrogens (primary N) is 1. The molecule has 1 unspecified atom stereocenters. The molecule has 0 aromatic heterocycles. The first-order valence-electron chi connectivity index (χ1n) is 10.8. The summed E-state index contributed by atoms with van der Waals surface area (Å²) in [6, 6.07) is 9.74. The van der Waals surface area contributed by atoms with E-state index in [9.17, 15) is 4.79 Å². The number of carbonyl (C=O) groups excluding carboxylic acids is 1. The Kier molecular flexibility index (Phi) is 6.94. The van der Waals surface area contributed by atoms with Crippen LogP contribution in [0.25, 0.3) is 0 Å².